The van der Waals surface area contributed by atoms with Crippen molar-refractivity contribution in [1.82, 2.24) is 10.3 Å². The molecule has 1 aromatic heterocycles. The van der Waals surface area contributed by atoms with Crippen LogP contribution in [0.25, 0.3) is 0 Å². The second-order valence-corrected chi connectivity index (χ2v) is 5.38. The largest absolute Gasteiger partial charge is 0.504 e. The molecule has 0 aliphatic rings. The molecule has 1 heterocycles. The van der Waals surface area contributed by atoms with E-state index in [2.05, 4.69) is 10.3 Å². The molecule has 2 aromatic rings. The summed E-state index contributed by atoms with van der Waals surface area (Å²) in [7, 11) is 0. The molecule has 0 aliphatic carbocycles. The predicted molar refractivity (Wildman–Crippen MR) is 91.5 cm³/mol. The van der Waals surface area contributed by atoms with Crippen molar-refractivity contribution in [1.29, 1.82) is 0 Å². The maximum absolute atomic E-state index is 12.0. The highest BCUT2D eigenvalue weighted by molar-refractivity contribution is 5.99. The van der Waals surface area contributed by atoms with Gasteiger partial charge in [-0.15, -0.1) is 0 Å². The standard InChI is InChI=1S/C19H20N2O3/c1-14(23)18(17(24)13-22)19(16-8-5-10-20-12-16)21-11-9-15-6-3-2-4-7-15/h2-8,10,12-13,19,21,24H,9,11H2,1H3/b18-17+. The number of benzene rings is 1. The maximum Gasteiger partial charge on any atom is 0.184 e. The van der Waals surface area contributed by atoms with Gasteiger partial charge in [0.25, 0.3) is 0 Å². The van der Waals surface area contributed by atoms with Gasteiger partial charge >= 0.3 is 0 Å². The van der Waals surface area contributed by atoms with Gasteiger partial charge < -0.3 is 10.4 Å². The minimum atomic E-state index is -0.592. The number of allylic oxidation sites excluding steroid dienone is 1. The number of carbonyl (C=O) groups is 2. The first-order valence-electron chi connectivity index (χ1n) is 7.70. The molecule has 124 valence electrons. The van der Waals surface area contributed by atoms with E-state index in [0.29, 0.717) is 18.4 Å². The minimum Gasteiger partial charge on any atom is -0.504 e. The third-order valence-corrected chi connectivity index (χ3v) is 3.68. The highest BCUT2D eigenvalue weighted by Gasteiger charge is 2.24. The number of carbonyl (C=O) groups excluding carboxylic acids is 2. The van der Waals surface area contributed by atoms with Gasteiger partial charge in [0.1, 0.15) is 0 Å². The lowest BCUT2D eigenvalue weighted by Gasteiger charge is -2.21. The first-order chi connectivity index (χ1) is 11.6. The zero-order valence-electron chi connectivity index (χ0n) is 13.5. The van der Waals surface area contributed by atoms with Gasteiger partial charge in [0.2, 0.25) is 0 Å². The van der Waals surface area contributed by atoms with Crippen LogP contribution in [0.5, 0.6) is 0 Å². The summed E-state index contributed by atoms with van der Waals surface area (Å²) in [5.74, 6) is -0.913. The van der Waals surface area contributed by atoms with Crippen molar-refractivity contribution in [3.05, 3.63) is 77.3 Å². The van der Waals surface area contributed by atoms with Crippen LogP contribution >= 0.6 is 0 Å². The second kappa shape index (κ2) is 8.74. The number of aldehydes is 1. The van der Waals surface area contributed by atoms with E-state index < -0.39 is 11.8 Å². The summed E-state index contributed by atoms with van der Waals surface area (Å²) in [6.07, 6.45) is 4.28. The Hall–Kier alpha value is -2.79. The van der Waals surface area contributed by atoms with E-state index in [4.69, 9.17) is 0 Å². The SMILES string of the molecule is CC(=O)/C(=C(\O)C=O)C(NCCc1ccccc1)c1cccnc1. The van der Waals surface area contributed by atoms with Crippen LogP contribution in [0.4, 0.5) is 0 Å². The molecule has 0 aliphatic heterocycles. The molecule has 0 saturated carbocycles. The number of aliphatic hydroxyl groups is 1. The Bertz CT molecular complexity index is 712. The molecule has 1 aromatic carbocycles. The molecule has 0 bridgehead atoms. The van der Waals surface area contributed by atoms with E-state index in [1.165, 1.54) is 6.92 Å². The number of hydrogen-bond donors (Lipinski definition) is 2. The predicted octanol–water partition coefficient (Wildman–Crippen LogP) is 2.56. The van der Waals surface area contributed by atoms with Gasteiger partial charge in [0.05, 0.1) is 11.6 Å². The van der Waals surface area contributed by atoms with E-state index in [9.17, 15) is 14.7 Å². The van der Waals surface area contributed by atoms with Crippen LogP contribution < -0.4 is 5.32 Å². The molecule has 0 fully saturated rings. The summed E-state index contributed by atoms with van der Waals surface area (Å²) in [4.78, 5) is 27.0. The van der Waals surface area contributed by atoms with E-state index in [0.717, 1.165) is 12.0 Å². The summed E-state index contributed by atoms with van der Waals surface area (Å²) in [6.45, 7) is 1.91. The number of aromatic nitrogens is 1. The van der Waals surface area contributed by atoms with E-state index in [-0.39, 0.29) is 11.4 Å². The Labute approximate surface area is 141 Å². The summed E-state index contributed by atoms with van der Waals surface area (Å²) in [5, 5.41) is 13.1. The molecule has 0 amide bonds. The van der Waals surface area contributed by atoms with Crippen molar-refractivity contribution >= 4 is 12.1 Å². The molecule has 0 radical (unpaired) electrons. The zero-order valence-corrected chi connectivity index (χ0v) is 13.5. The molecule has 1 atom stereocenters. The average molecular weight is 324 g/mol. The molecule has 1 unspecified atom stereocenters. The zero-order chi connectivity index (χ0) is 17.4. The Morgan fingerprint density at radius 3 is 2.58 bits per heavy atom. The highest BCUT2D eigenvalue weighted by atomic mass is 16.3. The van der Waals surface area contributed by atoms with Gasteiger partial charge in [-0.3, -0.25) is 14.6 Å². The first kappa shape index (κ1) is 17.6. The number of pyridine rings is 1. The molecule has 2 rings (SSSR count). The van der Waals surface area contributed by atoms with Gasteiger partial charge in [-0.1, -0.05) is 36.4 Å². The fraction of sp³-hybridized carbons (Fsp3) is 0.211. The van der Waals surface area contributed by atoms with Crippen LogP contribution in [0.3, 0.4) is 0 Å². The number of Topliss-reactive ketones (excluding diaryl/α,β-unsaturated/α-hetero) is 1. The quantitative estimate of drug-likeness (QED) is 0.443. The third-order valence-electron chi connectivity index (χ3n) is 3.68. The fourth-order valence-electron chi connectivity index (χ4n) is 2.53. The third kappa shape index (κ3) is 4.60. The monoisotopic (exact) mass is 324 g/mol. The van der Waals surface area contributed by atoms with Crippen LogP contribution in [0, 0.1) is 0 Å². The van der Waals surface area contributed by atoms with Gasteiger partial charge in [-0.05, 0) is 30.5 Å². The number of rotatable bonds is 8. The van der Waals surface area contributed by atoms with Crippen LogP contribution in [0.1, 0.15) is 24.1 Å². The Balaban J connectivity index is 2.23. The summed E-state index contributed by atoms with van der Waals surface area (Å²) in [6, 6.07) is 12.9. The number of nitrogens with one attached hydrogen (secondary N) is 1. The Morgan fingerprint density at radius 1 is 1.25 bits per heavy atom. The lowest BCUT2D eigenvalue weighted by molar-refractivity contribution is -0.115. The molecule has 5 heteroatoms. The van der Waals surface area contributed by atoms with Crippen molar-refractivity contribution in [3.8, 4) is 0 Å². The van der Waals surface area contributed by atoms with Crippen molar-refractivity contribution in [2.75, 3.05) is 6.54 Å². The highest BCUT2D eigenvalue weighted by Crippen LogP contribution is 2.23. The number of ketones is 1. The summed E-state index contributed by atoms with van der Waals surface area (Å²) < 4.78 is 0. The lowest BCUT2D eigenvalue weighted by atomic mass is 9.95. The fourth-order valence-corrected chi connectivity index (χ4v) is 2.53. The van der Waals surface area contributed by atoms with E-state index >= 15 is 0 Å². The van der Waals surface area contributed by atoms with Gasteiger partial charge in [-0.2, -0.15) is 0 Å². The van der Waals surface area contributed by atoms with Crippen LogP contribution in [0.15, 0.2) is 66.2 Å². The molecule has 24 heavy (non-hydrogen) atoms. The number of aliphatic hydroxyl groups excluding tert-OH is 1. The average Bonchev–Trinajstić information content (AvgIpc) is 2.62. The van der Waals surface area contributed by atoms with Crippen molar-refractivity contribution in [3.63, 3.8) is 0 Å². The molecule has 2 N–H and O–H groups in total. The maximum atomic E-state index is 12.0. The molecule has 5 nitrogen and oxygen atoms in total. The van der Waals surface area contributed by atoms with E-state index in [1.54, 1.807) is 24.5 Å². The first-order valence-corrected chi connectivity index (χ1v) is 7.70. The number of hydrogen-bond acceptors (Lipinski definition) is 5. The summed E-state index contributed by atoms with van der Waals surface area (Å²) in [5.41, 5.74) is 1.91. The summed E-state index contributed by atoms with van der Waals surface area (Å²) >= 11 is 0. The molecular weight excluding hydrogens is 304 g/mol. The molecule has 0 saturated heterocycles. The molecule has 0 spiro atoms. The van der Waals surface area contributed by atoms with Gasteiger partial charge in [0.15, 0.2) is 17.8 Å². The lowest BCUT2D eigenvalue weighted by Crippen LogP contribution is -2.29. The van der Waals surface area contributed by atoms with Crippen molar-refractivity contribution < 1.29 is 14.7 Å². The van der Waals surface area contributed by atoms with Gasteiger partial charge in [-0.25, -0.2) is 0 Å². The molecular formula is C19H20N2O3. The normalized spacial score (nSPS) is 13.0. The van der Waals surface area contributed by atoms with Crippen LogP contribution in [-0.4, -0.2) is 28.7 Å². The Kier molecular flexibility index (Phi) is 6.40. The Morgan fingerprint density at radius 2 is 2.00 bits per heavy atom. The second-order valence-electron chi connectivity index (χ2n) is 5.38. The number of nitrogens with zero attached hydrogens (tertiary/aromatic N) is 1. The van der Waals surface area contributed by atoms with Crippen LogP contribution in [0.2, 0.25) is 0 Å². The van der Waals surface area contributed by atoms with Crippen molar-refractivity contribution in [2.24, 2.45) is 0 Å². The smallest absolute Gasteiger partial charge is 0.184 e. The van der Waals surface area contributed by atoms with Gasteiger partial charge in [0, 0.05) is 18.9 Å². The van der Waals surface area contributed by atoms with E-state index in [1.807, 2.05) is 30.3 Å². The van der Waals surface area contributed by atoms with Crippen LogP contribution in [-0.2, 0) is 16.0 Å². The topological polar surface area (TPSA) is 79.3 Å². The minimum absolute atomic E-state index is 0.0473. The van der Waals surface area contributed by atoms with Crippen molar-refractivity contribution in [2.45, 2.75) is 19.4 Å².